The highest BCUT2D eigenvalue weighted by Crippen LogP contribution is 2.39. The fourth-order valence-corrected chi connectivity index (χ4v) is 2.66. The van der Waals surface area contributed by atoms with Crippen LogP contribution in [0.3, 0.4) is 0 Å². The van der Waals surface area contributed by atoms with Crippen LogP contribution in [0.5, 0.6) is 5.75 Å². The van der Waals surface area contributed by atoms with Gasteiger partial charge in [-0.3, -0.25) is 0 Å². The van der Waals surface area contributed by atoms with Crippen LogP contribution < -0.4 is 10.5 Å². The number of halogens is 1. The predicted molar refractivity (Wildman–Crippen MR) is 73.8 cm³/mol. The first-order valence-corrected chi connectivity index (χ1v) is 6.42. The quantitative estimate of drug-likeness (QED) is 0.898. The van der Waals surface area contributed by atoms with Gasteiger partial charge < -0.3 is 15.6 Å². The van der Waals surface area contributed by atoms with Gasteiger partial charge in [-0.15, -0.1) is 0 Å². The lowest BCUT2D eigenvalue weighted by Gasteiger charge is -2.23. The van der Waals surface area contributed by atoms with E-state index in [-0.39, 0.29) is 12.5 Å². The minimum Gasteiger partial charge on any atom is -0.496 e. The zero-order valence-electron chi connectivity index (χ0n) is 10.8. The molecule has 0 aliphatic heterocycles. The third kappa shape index (κ3) is 2.49. The van der Waals surface area contributed by atoms with Gasteiger partial charge in [0.15, 0.2) is 0 Å². The number of hydrogen-bond acceptors (Lipinski definition) is 3. The lowest BCUT2D eigenvalue weighted by Crippen LogP contribution is -2.19. The lowest BCUT2D eigenvalue weighted by molar-refractivity contribution is 0.264. The molecule has 0 bridgehead atoms. The van der Waals surface area contributed by atoms with Crippen molar-refractivity contribution >= 4 is 15.9 Å². The Labute approximate surface area is 111 Å². The minimum absolute atomic E-state index is 0.0304. The Hall–Kier alpha value is -0.580. The van der Waals surface area contributed by atoms with Crippen molar-refractivity contribution < 1.29 is 9.84 Å². The maximum atomic E-state index is 9.42. The Morgan fingerprint density at radius 3 is 2.24 bits per heavy atom. The standard InChI is InChI=1S/C13H20BrNO2/c1-7-8(2)13(17-4)11(9(3)12(7)14)10(5-15)6-16/h10,16H,5-6,15H2,1-4H3. The zero-order valence-corrected chi connectivity index (χ0v) is 12.4. The molecule has 1 aromatic carbocycles. The van der Waals surface area contributed by atoms with E-state index >= 15 is 0 Å². The second kappa shape index (κ2) is 5.85. The Morgan fingerprint density at radius 1 is 1.24 bits per heavy atom. The molecule has 0 fully saturated rings. The molecular formula is C13H20BrNO2. The molecule has 17 heavy (non-hydrogen) atoms. The maximum Gasteiger partial charge on any atom is 0.125 e. The van der Waals surface area contributed by atoms with Gasteiger partial charge in [0, 0.05) is 22.5 Å². The normalized spacial score (nSPS) is 12.6. The number of methoxy groups -OCH3 is 1. The van der Waals surface area contributed by atoms with Crippen molar-refractivity contribution in [2.24, 2.45) is 5.73 Å². The van der Waals surface area contributed by atoms with Gasteiger partial charge in [-0.25, -0.2) is 0 Å². The van der Waals surface area contributed by atoms with Crippen molar-refractivity contribution in [3.63, 3.8) is 0 Å². The number of hydrogen-bond donors (Lipinski definition) is 2. The first kappa shape index (κ1) is 14.5. The molecule has 0 saturated carbocycles. The van der Waals surface area contributed by atoms with E-state index in [1.807, 2.05) is 13.8 Å². The second-order valence-electron chi connectivity index (χ2n) is 4.25. The molecule has 1 aromatic rings. The number of aliphatic hydroxyl groups excluding tert-OH is 1. The van der Waals surface area contributed by atoms with Crippen molar-refractivity contribution in [1.82, 2.24) is 0 Å². The SMILES string of the molecule is COc1c(C)c(C)c(Br)c(C)c1C(CN)CO. The third-order valence-electron chi connectivity index (χ3n) is 3.33. The van der Waals surface area contributed by atoms with Crippen LogP contribution in [-0.2, 0) is 0 Å². The molecule has 1 atom stereocenters. The fraction of sp³-hybridized carbons (Fsp3) is 0.538. The van der Waals surface area contributed by atoms with Crippen LogP contribution in [-0.4, -0.2) is 25.4 Å². The molecule has 3 nitrogen and oxygen atoms in total. The zero-order chi connectivity index (χ0) is 13.2. The summed E-state index contributed by atoms with van der Waals surface area (Å²) in [7, 11) is 1.66. The Kier molecular flexibility index (Phi) is 4.98. The monoisotopic (exact) mass is 301 g/mol. The summed E-state index contributed by atoms with van der Waals surface area (Å²) in [5.41, 5.74) is 10.1. The number of aliphatic hydroxyl groups is 1. The van der Waals surface area contributed by atoms with Gasteiger partial charge in [0.05, 0.1) is 13.7 Å². The highest BCUT2D eigenvalue weighted by atomic mass is 79.9. The Balaban J connectivity index is 3.56. The smallest absolute Gasteiger partial charge is 0.125 e. The van der Waals surface area contributed by atoms with Gasteiger partial charge in [-0.05, 0) is 37.5 Å². The van der Waals surface area contributed by atoms with E-state index in [4.69, 9.17) is 10.5 Å². The van der Waals surface area contributed by atoms with Crippen molar-refractivity contribution in [2.75, 3.05) is 20.3 Å². The summed E-state index contributed by atoms with van der Waals surface area (Å²) >= 11 is 3.59. The van der Waals surface area contributed by atoms with Crippen LogP contribution in [0.4, 0.5) is 0 Å². The molecule has 96 valence electrons. The molecular weight excluding hydrogens is 282 g/mol. The Bertz CT molecular complexity index is 415. The third-order valence-corrected chi connectivity index (χ3v) is 4.52. The van der Waals surface area contributed by atoms with Gasteiger partial charge in [0.2, 0.25) is 0 Å². The molecule has 0 aliphatic rings. The fourth-order valence-electron chi connectivity index (χ4n) is 2.15. The molecule has 1 unspecified atom stereocenters. The average molecular weight is 302 g/mol. The van der Waals surface area contributed by atoms with Crippen LogP contribution in [0.25, 0.3) is 0 Å². The molecule has 0 radical (unpaired) electrons. The first-order valence-electron chi connectivity index (χ1n) is 5.63. The highest BCUT2D eigenvalue weighted by molar-refractivity contribution is 9.10. The molecule has 0 amide bonds. The molecule has 0 spiro atoms. The van der Waals surface area contributed by atoms with Crippen LogP contribution >= 0.6 is 15.9 Å². The van der Waals surface area contributed by atoms with Crippen molar-refractivity contribution in [3.8, 4) is 5.75 Å². The highest BCUT2D eigenvalue weighted by Gasteiger charge is 2.22. The molecule has 0 saturated heterocycles. The first-order chi connectivity index (χ1) is 7.99. The van der Waals surface area contributed by atoms with E-state index in [2.05, 4.69) is 22.9 Å². The maximum absolute atomic E-state index is 9.42. The van der Waals surface area contributed by atoms with Gasteiger partial charge in [-0.1, -0.05) is 15.9 Å². The predicted octanol–water partition coefficient (Wildman–Crippen LogP) is 2.42. The minimum atomic E-state index is -0.0828. The van der Waals surface area contributed by atoms with Crippen LogP contribution in [0, 0.1) is 20.8 Å². The summed E-state index contributed by atoms with van der Waals surface area (Å²) in [5.74, 6) is 0.758. The topological polar surface area (TPSA) is 55.5 Å². The molecule has 0 aliphatic carbocycles. The van der Waals surface area contributed by atoms with E-state index in [0.717, 1.165) is 32.5 Å². The molecule has 0 aromatic heterocycles. The van der Waals surface area contributed by atoms with Crippen molar-refractivity contribution in [2.45, 2.75) is 26.7 Å². The van der Waals surface area contributed by atoms with Crippen LogP contribution in [0.15, 0.2) is 4.47 Å². The summed E-state index contributed by atoms with van der Waals surface area (Å²) in [6.45, 7) is 6.53. The summed E-state index contributed by atoms with van der Waals surface area (Å²) in [4.78, 5) is 0. The van der Waals surface area contributed by atoms with E-state index in [1.54, 1.807) is 7.11 Å². The molecule has 3 N–H and O–H groups in total. The van der Waals surface area contributed by atoms with Crippen molar-refractivity contribution in [3.05, 3.63) is 26.7 Å². The molecule has 1 rings (SSSR count). The molecule has 4 heteroatoms. The van der Waals surface area contributed by atoms with Gasteiger partial charge in [0.25, 0.3) is 0 Å². The summed E-state index contributed by atoms with van der Waals surface area (Å²) in [6, 6.07) is 0. The second-order valence-corrected chi connectivity index (χ2v) is 5.04. The average Bonchev–Trinajstić information content (AvgIpc) is 2.34. The Morgan fingerprint density at radius 2 is 1.82 bits per heavy atom. The van der Waals surface area contributed by atoms with Crippen LogP contribution in [0.1, 0.15) is 28.2 Å². The van der Waals surface area contributed by atoms with Gasteiger partial charge in [-0.2, -0.15) is 0 Å². The number of benzene rings is 1. The summed E-state index contributed by atoms with van der Waals surface area (Å²) in [5, 5.41) is 9.42. The van der Waals surface area contributed by atoms with E-state index in [9.17, 15) is 5.11 Å². The lowest BCUT2D eigenvalue weighted by atomic mass is 9.90. The van der Waals surface area contributed by atoms with E-state index < -0.39 is 0 Å². The summed E-state index contributed by atoms with van der Waals surface area (Å²) < 4.78 is 6.56. The van der Waals surface area contributed by atoms with Crippen molar-refractivity contribution in [1.29, 1.82) is 0 Å². The van der Waals surface area contributed by atoms with Crippen LogP contribution in [0.2, 0.25) is 0 Å². The van der Waals surface area contributed by atoms with Gasteiger partial charge in [0.1, 0.15) is 5.75 Å². The number of nitrogens with two attached hydrogens (primary N) is 1. The van der Waals surface area contributed by atoms with E-state index in [0.29, 0.717) is 6.54 Å². The summed E-state index contributed by atoms with van der Waals surface area (Å²) in [6.07, 6.45) is 0. The van der Waals surface area contributed by atoms with E-state index in [1.165, 1.54) is 0 Å². The number of ether oxygens (including phenoxy) is 1. The largest absolute Gasteiger partial charge is 0.496 e. The molecule has 0 heterocycles. The van der Waals surface area contributed by atoms with Gasteiger partial charge >= 0.3 is 0 Å². The number of rotatable bonds is 4.